The van der Waals surface area contributed by atoms with Crippen LogP contribution < -0.4 is 4.74 Å². The number of para-hydroxylation sites is 1. The summed E-state index contributed by atoms with van der Waals surface area (Å²) >= 11 is 0. The Hall–Kier alpha value is -1.02. The molecule has 1 saturated heterocycles. The molecular formula is C17H27NO. The molecule has 2 nitrogen and oxygen atoms in total. The summed E-state index contributed by atoms with van der Waals surface area (Å²) in [6.07, 6.45) is 2.67. The first-order valence-electron chi connectivity index (χ1n) is 7.57. The summed E-state index contributed by atoms with van der Waals surface area (Å²) in [6, 6.07) is 9.13. The van der Waals surface area contributed by atoms with Crippen LogP contribution in [-0.4, -0.2) is 30.1 Å². The fourth-order valence-electron chi connectivity index (χ4n) is 2.75. The van der Waals surface area contributed by atoms with Crippen molar-refractivity contribution in [2.24, 2.45) is 0 Å². The van der Waals surface area contributed by atoms with E-state index in [1.807, 2.05) is 0 Å². The van der Waals surface area contributed by atoms with Crippen LogP contribution in [0.3, 0.4) is 0 Å². The van der Waals surface area contributed by atoms with E-state index in [0.29, 0.717) is 18.1 Å². The van der Waals surface area contributed by atoms with Crippen LogP contribution in [-0.2, 0) is 0 Å². The van der Waals surface area contributed by atoms with Gasteiger partial charge in [-0.05, 0) is 44.2 Å². The molecule has 0 aromatic heterocycles. The summed E-state index contributed by atoms with van der Waals surface area (Å²) in [4.78, 5) is 2.54. The van der Waals surface area contributed by atoms with Crippen LogP contribution in [0.1, 0.15) is 52.0 Å². The summed E-state index contributed by atoms with van der Waals surface area (Å²) in [5.74, 6) is 1.60. The van der Waals surface area contributed by atoms with Crippen LogP contribution in [0.5, 0.6) is 5.75 Å². The third kappa shape index (κ3) is 3.73. The van der Waals surface area contributed by atoms with Crippen LogP contribution in [0.15, 0.2) is 24.3 Å². The highest BCUT2D eigenvalue weighted by Gasteiger charge is 2.22. The Morgan fingerprint density at radius 1 is 1.05 bits per heavy atom. The molecule has 1 aromatic rings. The van der Waals surface area contributed by atoms with E-state index in [-0.39, 0.29) is 0 Å². The number of ether oxygens (including phenoxy) is 1. The van der Waals surface area contributed by atoms with E-state index >= 15 is 0 Å². The summed E-state index contributed by atoms with van der Waals surface area (Å²) < 4.78 is 6.25. The van der Waals surface area contributed by atoms with Gasteiger partial charge in [0.1, 0.15) is 11.9 Å². The number of rotatable bonds is 4. The molecule has 0 unspecified atom stereocenters. The molecule has 1 aromatic carbocycles. The zero-order valence-electron chi connectivity index (χ0n) is 12.7. The lowest BCUT2D eigenvalue weighted by Crippen LogP contribution is -2.41. The Bertz CT molecular complexity index is 392. The maximum absolute atomic E-state index is 6.25. The van der Waals surface area contributed by atoms with E-state index in [1.54, 1.807) is 0 Å². The van der Waals surface area contributed by atoms with Crippen molar-refractivity contribution in [2.75, 3.05) is 13.1 Å². The van der Waals surface area contributed by atoms with Gasteiger partial charge in [-0.1, -0.05) is 32.0 Å². The summed E-state index contributed by atoms with van der Waals surface area (Å²) in [5.41, 5.74) is 1.33. The van der Waals surface area contributed by atoms with Gasteiger partial charge in [0.15, 0.2) is 0 Å². The fourth-order valence-corrected chi connectivity index (χ4v) is 2.75. The van der Waals surface area contributed by atoms with Crippen molar-refractivity contribution < 1.29 is 4.74 Å². The molecule has 0 bridgehead atoms. The van der Waals surface area contributed by atoms with Gasteiger partial charge in [-0.2, -0.15) is 0 Å². The van der Waals surface area contributed by atoms with Gasteiger partial charge in [-0.15, -0.1) is 0 Å². The normalized spacial score (nSPS) is 18.2. The van der Waals surface area contributed by atoms with E-state index < -0.39 is 0 Å². The standard InChI is InChI=1S/C17H27NO/c1-13(2)16-7-5-6-8-17(16)19-15-9-11-18(12-10-15)14(3)4/h5-8,13-15H,9-12H2,1-4H3. The third-order valence-electron chi connectivity index (χ3n) is 4.04. The van der Waals surface area contributed by atoms with E-state index in [0.717, 1.165) is 31.7 Å². The van der Waals surface area contributed by atoms with Crippen LogP contribution in [0.2, 0.25) is 0 Å². The first-order valence-corrected chi connectivity index (χ1v) is 7.57. The van der Waals surface area contributed by atoms with Gasteiger partial charge in [-0.3, -0.25) is 0 Å². The van der Waals surface area contributed by atoms with Crippen LogP contribution >= 0.6 is 0 Å². The van der Waals surface area contributed by atoms with E-state index in [2.05, 4.69) is 56.9 Å². The highest BCUT2D eigenvalue weighted by Crippen LogP contribution is 2.28. The lowest BCUT2D eigenvalue weighted by molar-refractivity contribution is 0.0835. The second-order valence-corrected chi connectivity index (χ2v) is 6.14. The molecule has 1 aliphatic heterocycles. The molecule has 2 rings (SSSR count). The maximum Gasteiger partial charge on any atom is 0.123 e. The Labute approximate surface area is 117 Å². The molecule has 0 spiro atoms. The number of hydrogen-bond acceptors (Lipinski definition) is 2. The van der Waals surface area contributed by atoms with Crippen LogP contribution in [0.25, 0.3) is 0 Å². The molecule has 0 aliphatic carbocycles. The van der Waals surface area contributed by atoms with E-state index in [9.17, 15) is 0 Å². The molecule has 1 fully saturated rings. The Morgan fingerprint density at radius 3 is 2.26 bits per heavy atom. The van der Waals surface area contributed by atoms with Crippen molar-refractivity contribution in [1.29, 1.82) is 0 Å². The predicted molar refractivity (Wildman–Crippen MR) is 80.9 cm³/mol. The van der Waals surface area contributed by atoms with E-state index in [1.165, 1.54) is 5.56 Å². The monoisotopic (exact) mass is 261 g/mol. The average Bonchev–Trinajstić information content (AvgIpc) is 2.39. The fraction of sp³-hybridized carbons (Fsp3) is 0.647. The first kappa shape index (κ1) is 14.4. The molecule has 0 radical (unpaired) electrons. The lowest BCUT2D eigenvalue weighted by atomic mass is 10.0. The van der Waals surface area contributed by atoms with Crippen molar-refractivity contribution in [2.45, 2.75) is 58.6 Å². The molecule has 0 N–H and O–H groups in total. The minimum Gasteiger partial charge on any atom is -0.490 e. The second kappa shape index (κ2) is 6.42. The van der Waals surface area contributed by atoms with Gasteiger partial charge in [0, 0.05) is 19.1 Å². The lowest BCUT2D eigenvalue weighted by Gasteiger charge is -2.35. The number of piperidine rings is 1. The highest BCUT2D eigenvalue weighted by atomic mass is 16.5. The highest BCUT2D eigenvalue weighted by molar-refractivity contribution is 5.35. The molecule has 1 heterocycles. The van der Waals surface area contributed by atoms with Gasteiger partial charge in [0.25, 0.3) is 0 Å². The van der Waals surface area contributed by atoms with Gasteiger partial charge in [0.05, 0.1) is 0 Å². The molecule has 0 saturated carbocycles. The van der Waals surface area contributed by atoms with Gasteiger partial charge in [-0.25, -0.2) is 0 Å². The van der Waals surface area contributed by atoms with Gasteiger partial charge in [0.2, 0.25) is 0 Å². The number of nitrogens with zero attached hydrogens (tertiary/aromatic N) is 1. The Morgan fingerprint density at radius 2 is 1.68 bits per heavy atom. The summed E-state index contributed by atoms with van der Waals surface area (Å²) in [7, 11) is 0. The molecule has 0 atom stereocenters. The maximum atomic E-state index is 6.25. The zero-order chi connectivity index (χ0) is 13.8. The minimum atomic E-state index is 0.384. The van der Waals surface area contributed by atoms with Crippen LogP contribution in [0.4, 0.5) is 0 Å². The first-order chi connectivity index (χ1) is 9.08. The zero-order valence-corrected chi connectivity index (χ0v) is 12.7. The van der Waals surface area contributed by atoms with Crippen molar-refractivity contribution in [3.63, 3.8) is 0 Å². The molecule has 2 heteroatoms. The SMILES string of the molecule is CC(C)c1ccccc1OC1CCN(C(C)C)CC1. The second-order valence-electron chi connectivity index (χ2n) is 6.14. The smallest absolute Gasteiger partial charge is 0.123 e. The van der Waals surface area contributed by atoms with Crippen LogP contribution in [0, 0.1) is 0 Å². The van der Waals surface area contributed by atoms with E-state index in [4.69, 9.17) is 4.74 Å². The van der Waals surface area contributed by atoms with Gasteiger partial charge >= 0.3 is 0 Å². The molecule has 106 valence electrons. The van der Waals surface area contributed by atoms with Gasteiger partial charge < -0.3 is 9.64 Å². The molecule has 0 amide bonds. The van der Waals surface area contributed by atoms with Crippen molar-refractivity contribution >= 4 is 0 Å². The number of hydrogen-bond donors (Lipinski definition) is 0. The average molecular weight is 261 g/mol. The number of likely N-dealkylation sites (tertiary alicyclic amines) is 1. The molecule has 19 heavy (non-hydrogen) atoms. The molecular weight excluding hydrogens is 234 g/mol. The summed E-state index contributed by atoms with van der Waals surface area (Å²) in [5, 5.41) is 0. The van der Waals surface area contributed by atoms with Crippen molar-refractivity contribution in [3.05, 3.63) is 29.8 Å². The number of benzene rings is 1. The Balaban J connectivity index is 1.96. The van der Waals surface area contributed by atoms with Crippen molar-refractivity contribution in [1.82, 2.24) is 4.90 Å². The summed E-state index contributed by atoms with van der Waals surface area (Å²) in [6.45, 7) is 11.3. The third-order valence-corrected chi connectivity index (χ3v) is 4.04. The quantitative estimate of drug-likeness (QED) is 0.810. The largest absolute Gasteiger partial charge is 0.490 e. The predicted octanol–water partition coefficient (Wildman–Crippen LogP) is 4.06. The molecule has 1 aliphatic rings. The van der Waals surface area contributed by atoms with Crippen molar-refractivity contribution in [3.8, 4) is 5.75 Å². The minimum absolute atomic E-state index is 0.384. The topological polar surface area (TPSA) is 12.5 Å². The Kier molecular flexibility index (Phi) is 4.87.